The molecule has 0 fully saturated rings. The summed E-state index contributed by atoms with van der Waals surface area (Å²) >= 11 is 8.47. The summed E-state index contributed by atoms with van der Waals surface area (Å²) in [6.45, 7) is 0. The third kappa shape index (κ3) is 3.80. The molecule has 24 heavy (non-hydrogen) atoms. The van der Waals surface area contributed by atoms with Gasteiger partial charge in [0, 0.05) is 9.77 Å². The Hall–Kier alpha value is -1.82. The molecule has 2 aromatic carbocycles. The van der Waals surface area contributed by atoms with Gasteiger partial charge in [0.25, 0.3) is 0 Å². The minimum absolute atomic E-state index is 0.319. The molecule has 0 atom stereocenters. The van der Waals surface area contributed by atoms with Crippen LogP contribution in [-0.2, 0) is 9.53 Å². The molecule has 1 aliphatic heterocycles. The second-order valence-electron chi connectivity index (χ2n) is 4.91. The van der Waals surface area contributed by atoms with Crippen LogP contribution in [0.4, 0.5) is 0 Å². The second kappa shape index (κ2) is 7.83. The third-order valence-corrected chi connectivity index (χ3v) is 6.17. The highest BCUT2D eigenvalue weighted by atomic mass is 32.2. The average Bonchev–Trinajstić information content (AvgIpc) is 3.06. The van der Waals surface area contributed by atoms with E-state index in [1.807, 2.05) is 66.7 Å². The first-order chi connectivity index (χ1) is 11.7. The van der Waals surface area contributed by atoms with Crippen molar-refractivity contribution in [3.05, 3.63) is 87.0 Å². The molecule has 0 radical (unpaired) electrons. The summed E-state index contributed by atoms with van der Waals surface area (Å²) in [5.41, 5.74) is 2.00. The number of benzene rings is 2. The molecule has 0 bridgehead atoms. The Labute approximate surface area is 155 Å². The highest BCUT2D eigenvalue weighted by Crippen LogP contribution is 2.53. The standard InChI is InChI=1S/C19H14O2S3/c1-21-19(20)18-17(14-10-6-3-7-11-14)23-16(24-18)12-15(22)13-8-4-2-5-9-13/h2-12H,1H3/b16-12+. The normalized spacial score (nSPS) is 15.6. The van der Waals surface area contributed by atoms with Crippen molar-refractivity contribution in [3.63, 3.8) is 0 Å². The molecule has 0 amide bonds. The fraction of sp³-hybridized carbons (Fsp3) is 0.0526. The molecule has 0 unspecified atom stereocenters. The number of hydrogen-bond donors (Lipinski definition) is 0. The first kappa shape index (κ1) is 17.0. The molecule has 0 saturated carbocycles. The van der Waals surface area contributed by atoms with E-state index in [0.717, 1.165) is 25.1 Å². The predicted octanol–water partition coefficient (Wildman–Crippen LogP) is 5.27. The zero-order valence-electron chi connectivity index (χ0n) is 12.9. The highest BCUT2D eigenvalue weighted by molar-refractivity contribution is 8.32. The second-order valence-corrected chi connectivity index (χ2v) is 7.72. The first-order valence-electron chi connectivity index (χ1n) is 7.24. The maximum Gasteiger partial charge on any atom is 0.345 e. The van der Waals surface area contributed by atoms with Crippen LogP contribution >= 0.6 is 35.7 Å². The van der Waals surface area contributed by atoms with E-state index in [1.165, 1.54) is 18.9 Å². The molecule has 5 heteroatoms. The van der Waals surface area contributed by atoms with E-state index in [4.69, 9.17) is 17.0 Å². The number of allylic oxidation sites excluding steroid dienone is 1. The van der Waals surface area contributed by atoms with Crippen LogP contribution in [0.1, 0.15) is 11.1 Å². The SMILES string of the molecule is COC(=O)C1=C(c2ccccc2)S/C(=C\C(=S)c2ccccc2)S1. The largest absolute Gasteiger partial charge is 0.465 e. The third-order valence-electron chi connectivity index (χ3n) is 3.33. The Morgan fingerprint density at radius 1 is 1.00 bits per heavy atom. The Bertz CT molecular complexity index is 824. The zero-order valence-corrected chi connectivity index (χ0v) is 15.3. The van der Waals surface area contributed by atoms with Crippen LogP contribution in [0.3, 0.4) is 0 Å². The van der Waals surface area contributed by atoms with Crippen molar-refractivity contribution >= 4 is 51.5 Å². The van der Waals surface area contributed by atoms with E-state index in [2.05, 4.69) is 0 Å². The molecule has 0 saturated heterocycles. The number of esters is 1. The lowest BCUT2D eigenvalue weighted by molar-refractivity contribution is -0.135. The molecule has 1 aliphatic rings. The maximum atomic E-state index is 12.1. The molecular weight excluding hydrogens is 356 g/mol. The monoisotopic (exact) mass is 370 g/mol. The summed E-state index contributed by atoms with van der Waals surface area (Å²) in [4.78, 5) is 14.4. The zero-order chi connectivity index (χ0) is 16.9. The van der Waals surface area contributed by atoms with Crippen molar-refractivity contribution in [1.29, 1.82) is 0 Å². The van der Waals surface area contributed by atoms with E-state index in [1.54, 1.807) is 11.8 Å². The Kier molecular flexibility index (Phi) is 5.56. The van der Waals surface area contributed by atoms with Gasteiger partial charge in [0.05, 0.1) is 11.3 Å². The maximum absolute atomic E-state index is 12.1. The predicted molar refractivity (Wildman–Crippen MR) is 107 cm³/mol. The van der Waals surface area contributed by atoms with E-state index < -0.39 is 0 Å². The average molecular weight is 371 g/mol. The van der Waals surface area contributed by atoms with Gasteiger partial charge in [-0.2, -0.15) is 0 Å². The van der Waals surface area contributed by atoms with Crippen LogP contribution in [0, 0.1) is 0 Å². The van der Waals surface area contributed by atoms with Crippen LogP contribution in [0.15, 0.2) is 75.9 Å². The highest BCUT2D eigenvalue weighted by Gasteiger charge is 2.28. The van der Waals surface area contributed by atoms with Gasteiger partial charge in [-0.15, -0.1) is 0 Å². The molecule has 3 rings (SSSR count). The van der Waals surface area contributed by atoms with Crippen LogP contribution in [0.2, 0.25) is 0 Å². The number of rotatable bonds is 4. The molecule has 0 aliphatic carbocycles. The van der Waals surface area contributed by atoms with Gasteiger partial charge in [-0.25, -0.2) is 4.79 Å². The van der Waals surface area contributed by atoms with Crippen molar-refractivity contribution in [2.45, 2.75) is 0 Å². The van der Waals surface area contributed by atoms with Gasteiger partial charge in [0.2, 0.25) is 0 Å². The first-order valence-corrected chi connectivity index (χ1v) is 9.28. The van der Waals surface area contributed by atoms with Crippen LogP contribution in [0.25, 0.3) is 4.91 Å². The van der Waals surface area contributed by atoms with Gasteiger partial charge in [0.1, 0.15) is 4.91 Å². The Balaban J connectivity index is 1.90. The van der Waals surface area contributed by atoms with Crippen LogP contribution < -0.4 is 0 Å². The molecular formula is C19H14O2S3. The van der Waals surface area contributed by atoms with Gasteiger partial charge in [-0.3, -0.25) is 0 Å². The van der Waals surface area contributed by atoms with Crippen molar-refractivity contribution < 1.29 is 9.53 Å². The van der Waals surface area contributed by atoms with E-state index in [-0.39, 0.29) is 5.97 Å². The van der Waals surface area contributed by atoms with Crippen LogP contribution in [0.5, 0.6) is 0 Å². The quantitative estimate of drug-likeness (QED) is 0.316. The van der Waals surface area contributed by atoms with Crippen molar-refractivity contribution in [2.24, 2.45) is 0 Å². The number of carbonyl (C=O) groups is 1. The van der Waals surface area contributed by atoms with Gasteiger partial charge >= 0.3 is 5.97 Å². The summed E-state index contributed by atoms with van der Waals surface area (Å²) < 4.78 is 5.91. The molecule has 1 heterocycles. The summed E-state index contributed by atoms with van der Waals surface area (Å²) in [6.07, 6.45) is 1.94. The van der Waals surface area contributed by atoms with E-state index in [0.29, 0.717) is 4.91 Å². The number of carbonyl (C=O) groups excluding carboxylic acids is 1. The minimum Gasteiger partial charge on any atom is -0.465 e. The minimum atomic E-state index is -0.319. The fourth-order valence-corrected chi connectivity index (χ4v) is 5.06. The van der Waals surface area contributed by atoms with Crippen molar-refractivity contribution in [1.82, 2.24) is 0 Å². The van der Waals surface area contributed by atoms with Crippen LogP contribution in [-0.4, -0.2) is 17.9 Å². The van der Waals surface area contributed by atoms with Crippen molar-refractivity contribution in [3.8, 4) is 0 Å². The molecule has 0 spiro atoms. The smallest absolute Gasteiger partial charge is 0.345 e. The van der Waals surface area contributed by atoms with Gasteiger partial charge in [-0.05, 0) is 17.2 Å². The lowest BCUT2D eigenvalue weighted by Crippen LogP contribution is -2.01. The summed E-state index contributed by atoms with van der Waals surface area (Å²) in [6, 6.07) is 19.7. The van der Waals surface area contributed by atoms with E-state index in [9.17, 15) is 4.79 Å². The van der Waals surface area contributed by atoms with Gasteiger partial charge in [-0.1, -0.05) is 96.4 Å². The lowest BCUT2D eigenvalue weighted by Gasteiger charge is -2.03. The number of thiocarbonyl (C=S) groups is 1. The molecule has 2 nitrogen and oxygen atoms in total. The number of ether oxygens (including phenoxy) is 1. The van der Waals surface area contributed by atoms with Gasteiger partial charge in [0.15, 0.2) is 0 Å². The molecule has 0 N–H and O–H groups in total. The number of hydrogen-bond acceptors (Lipinski definition) is 5. The lowest BCUT2D eigenvalue weighted by atomic mass is 10.1. The van der Waals surface area contributed by atoms with E-state index >= 15 is 0 Å². The molecule has 0 aromatic heterocycles. The Morgan fingerprint density at radius 3 is 2.25 bits per heavy atom. The number of thioether (sulfide) groups is 2. The van der Waals surface area contributed by atoms with Gasteiger partial charge < -0.3 is 4.74 Å². The number of methoxy groups -OCH3 is 1. The molecule has 120 valence electrons. The summed E-state index contributed by atoms with van der Waals surface area (Å²) in [5.74, 6) is -0.319. The topological polar surface area (TPSA) is 26.3 Å². The summed E-state index contributed by atoms with van der Waals surface area (Å²) in [5, 5.41) is 0. The molecule has 2 aromatic rings. The fourth-order valence-electron chi connectivity index (χ4n) is 2.17. The summed E-state index contributed by atoms with van der Waals surface area (Å²) in [7, 11) is 1.40. The Morgan fingerprint density at radius 2 is 1.62 bits per heavy atom. The van der Waals surface area contributed by atoms with Crippen molar-refractivity contribution in [2.75, 3.05) is 7.11 Å².